The average molecular weight is 245 g/mol. The van der Waals surface area contributed by atoms with Gasteiger partial charge in [0.25, 0.3) is 0 Å². The number of nitrogens with zero attached hydrogens (tertiary/aromatic N) is 1. The number of nitrogen functional groups attached to an aromatic ring is 1. The van der Waals surface area contributed by atoms with Gasteiger partial charge in [-0.2, -0.15) is 5.26 Å². The van der Waals surface area contributed by atoms with Crippen molar-refractivity contribution in [3.63, 3.8) is 0 Å². The quantitative estimate of drug-likeness (QED) is 0.617. The van der Waals surface area contributed by atoms with Gasteiger partial charge < -0.3 is 15.8 Å². The lowest BCUT2D eigenvalue weighted by Gasteiger charge is -2.12. The SMILES string of the molecule is N#Cc1cc(NCCOC2CCCC2)ccc1N. The minimum Gasteiger partial charge on any atom is -0.398 e. The molecule has 0 heterocycles. The summed E-state index contributed by atoms with van der Waals surface area (Å²) in [4.78, 5) is 0. The van der Waals surface area contributed by atoms with Gasteiger partial charge >= 0.3 is 0 Å². The van der Waals surface area contributed by atoms with E-state index in [0.29, 0.717) is 24.0 Å². The smallest absolute Gasteiger partial charge is 0.101 e. The van der Waals surface area contributed by atoms with Crippen LogP contribution in [0.4, 0.5) is 11.4 Å². The molecule has 0 aromatic heterocycles. The highest BCUT2D eigenvalue weighted by Gasteiger charge is 2.14. The number of nitrogens with one attached hydrogen (secondary N) is 1. The molecule has 1 fully saturated rings. The van der Waals surface area contributed by atoms with Gasteiger partial charge in [0, 0.05) is 17.9 Å². The van der Waals surface area contributed by atoms with Crippen LogP contribution < -0.4 is 11.1 Å². The number of benzene rings is 1. The fourth-order valence-electron chi connectivity index (χ4n) is 2.24. The Morgan fingerprint density at radius 3 is 2.89 bits per heavy atom. The minimum absolute atomic E-state index is 0.452. The second-order valence-corrected chi connectivity index (χ2v) is 4.62. The molecule has 0 unspecified atom stereocenters. The maximum Gasteiger partial charge on any atom is 0.101 e. The summed E-state index contributed by atoms with van der Waals surface area (Å²) in [6.07, 6.45) is 5.43. The molecule has 4 heteroatoms. The number of ether oxygens (including phenoxy) is 1. The Hall–Kier alpha value is -1.73. The Balaban J connectivity index is 1.74. The second kappa shape index (κ2) is 6.27. The van der Waals surface area contributed by atoms with E-state index in [-0.39, 0.29) is 0 Å². The summed E-state index contributed by atoms with van der Waals surface area (Å²) < 4.78 is 5.75. The molecule has 96 valence electrons. The van der Waals surface area contributed by atoms with Crippen molar-refractivity contribution in [2.75, 3.05) is 24.2 Å². The van der Waals surface area contributed by atoms with E-state index in [1.54, 1.807) is 12.1 Å². The summed E-state index contributed by atoms with van der Waals surface area (Å²) in [5, 5.41) is 12.1. The third kappa shape index (κ3) is 3.38. The van der Waals surface area contributed by atoms with Crippen molar-refractivity contribution >= 4 is 11.4 Å². The largest absolute Gasteiger partial charge is 0.398 e. The lowest BCUT2D eigenvalue weighted by atomic mass is 10.2. The Labute approximate surface area is 108 Å². The highest BCUT2D eigenvalue weighted by molar-refractivity contribution is 5.61. The molecule has 2 rings (SSSR count). The van der Waals surface area contributed by atoms with E-state index in [1.807, 2.05) is 6.07 Å². The predicted molar refractivity (Wildman–Crippen MR) is 72.3 cm³/mol. The summed E-state index contributed by atoms with van der Waals surface area (Å²) in [6.45, 7) is 1.46. The van der Waals surface area contributed by atoms with Crippen LogP contribution in [0, 0.1) is 11.3 Å². The summed E-state index contributed by atoms with van der Waals surface area (Å²) in [5.41, 5.74) is 7.60. The number of rotatable bonds is 5. The first-order chi connectivity index (χ1) is 8.79. The second-order valence-electron chi connectivity index (χ2n) is 4.62. The van der Waals surface area contributed by atoms with Gasteiger partial charge in [-0.3, -0.25) is 0 Å². The van der Waals surface area contributed by atoms with Crippen LogP contribution in [0.5, 0.6) is 0 Å². The highest BCUT2D eigenvalue weighted by atomic mass is 16.5. The standard InChI is InChI=1S/C14H19N3O/c15-10-11-9-12(5-6-14(11)16)17-7-8-18-13-3-1-2-4-13/h5-6,9,13,17H,1-4,7-8,16H2. The van der Waals surface area contributed by atoms with Crippen molar-refractivity contribution in [2.45, 2.75) is 31.8 Å². The molecular weight excluding hydrogens is 226 g/mol. The third-order valence-corrected chi connectivity index (χ3v) is 3.26. The van der Waals surface area contributed by atoms with E-state index >= 15 is 0 Å². The Kier molecular flexibility index (Phi) is 4.43. The zero-order valence-electron chi connectivity index (χ0n) is 10.5. The molecule has 1 aliphatic rings. The highest BCUT2D eigenvalue weighted by Crippen LogP contribution is 2.21. The van der Waals surface area contributed by atoms with Crippen molar-refractivity contribution in [2.24, 2.45) is 0 Å². The van der Waals surface area contributed by atoms with Crippen molar-refractivity contribution in [1.82, 2.24) is 0 Å². The molecule has 0 amide bonds. The Morgan fingerprint density at radius 1 is 1.39 bits per heavy atom. The van der Waals surface area contributed by atoms with Gasteiger partial charge in [-0.05, 0) is 31.0 Å². The van der Waals surface area contributed by atoms with Crippen molar-refractivity contribution in [3.8, 4) is 6.07 Å². The molecule has 3 N–H and O–H groups in total. The van der Waals surface area contributed by atoms with E-state index < -0.39 is 0 Å². The maximum atomic E-state index is 8.88. The van der Waals surface area contributed by atoms with Gasteiger partial charge in [0.05, 0.1) is 18.3 Å². The van der Waals surface area contributed by atoms with Gasteiger partial charge in [-0.25, -0.2) is 0 Å². The molecule has 1 aromatic carbocycles. The van der Waals surface area contributed by atoms with Gasteiger partial charge in [0.2, 0.25) is 0 Å². The average Bonchev–Trinajstić information content (AvgIpc) is 2.89. The van der Waals surface area contributed by atoms with Crippen molar-refractivity contribution < 1.29 is 4.74 Å². The van der Waals surface area contributed by atoms with Crippen LogP contribution in [0.1, 0.15) is 31.2 Å². The maximum absolute atomic E-state index is 8.88. The summed E-state index contributed by atoms with van der Waals surface area (Å²) >= 11 is 0. The number of nitriles is 1. The molecule has 4 nitrogen and oxygen atoms in total. The lowest BCUT2D eigenvalue weighted by molar-refractivity contribution is 0.0659. The molecule has 0 bridgehead atoms. The summed E-state index contributed by atoms with van der Waals surface area (Å²) in [7, 11) is 0. The van der Waals surface area contributed by atoms with Crippen LogP contribution in [0.15, 0.2) is 18.2 Å². The lowest BCUT2D eigenvalue weighted by Crippen LogP contribution is -2.15. The fourth-order valence-corrected chi connectivity index (χ4v) is 2.24. The normalized spacial score (nSPS) is 15.5. The molecule has 18 heavy (non-hydrogen) atoms. The number of anilines is 2. The van der Waals surface area contributed by atoms with Gasteiger partial charge in [0.1, 0.15) is 6.07 Å². The van der Waals surface area contributed by atoms with E-state index in [4.69, 9.17) is 15.7 Å². The molecule has 0 saturated heterocycles. The van der Waals surface area contributed by atoms with Gasteiger partial charge in [0.15, 0.2) is 0 Å². The molecule has 1 saturated carbocycles. The first-order valence-corrected chi connectivity index (χ1v) is 6.44. The van der Waals surface area contributed by atoms with Gasteiger partial charge in [-0.1, -0.05) is 12.8 Å². The predicted octanol–water partition coefficient (Wildman–Crippen LogP) is 2.51. The van der Waals surface area contributed by atoms with Crippen LogP contribution in [-0.2, 0) is 4.74 Å². The monoisotopic (exact) mass is 245 g/mol. The first kappa shape index (κ1) is 12.7. The van der Waals surface area contributed by atoms with E-state index in [2.05, 4.69) is 11.4 Å². The molecule has 0 radical (unpaired) electrons. The number of hydrogen-bond acceptors (Lipinski definition) is 4. The zero-order chi connectivity index (χ0) is 12.8. The molecule has 1 aliphatic carbocycles. The molecule has 0 spiro atoms. The number of hydrogen-bond donors (Lipinski definition) is 2. The zero-order valence-corrected chi connectivity index (χ0v) is 10.5. The first-order valence-electron chi connectivity index (χ1n) is 6.44. The van der Waals surface area contributed by atoms with E-state index in [9.17, 15) is 0 Å². The van der Waals surface area contributed by atoms with E-state index in [0.717, 1.165) is 12.2 Å². The molecular formula is C14H19N3O. The van der Waals surface area contributed by atoms with Crippen molar-refractivity contribution in [1.29, 1.82) is 5.26 Å². The minimum atomic E-state index is 0.452. The number of nitrogens with two attached hydrogens (primary N) is 1. The third-order valence-electron chi connectivity index (χ3n) is 3.26. The van der Waals surface area contributed by atoms with Gasteiger partial charge in [-0.15, -0.1) is 0 Å². The van der Waals surface area contributed by atoms with Crippen LogP contribution in [0.3, 0.4) is 0 Å². The summed E-state index contributed by atoms with van der Waals surface area (Å²) in [5.74, 6) is 0. The van der Waals surface area contributed by atoms with Crippen LogP contribution in [0.2, 0.25) is 0 Å². The Bertz CT molecular complexity index is 433. The summed E-state index contributed by atoms with van der Waals surface area (Å²) in [6, 6.07) is 7.47. The van der Waals surface area contributed by atoms with E-state index in [1.165, 1.54) is 25.7 Å². The Morgan fingerprint density at radius 2 is 2.17 bits per heavy atom. The molecule has 0 aliphatic heterocycles. The van der Waals surface area contributed by atoms with Crippen LogP contribution in [-0.4, -0.2) is 19.3 Å². The molecule has 0 atom stereocenters. The molecule has 1 aromatic rings. The van der Waals surface area contributed by atoms with Crippen molar-refractivity contribution in [3.05, 3.63) is 23.8 Å². The fraction of sp³-hybridized carbons (Fsp3) is 0.500. The van der Waals surface area contributed by atoms with Crippen LogP contribution >= 0.6 is 0 Å². The van der Waals surface area contributed by atoms with Crippen LogP contribution in [0.25, 0.3) is 0 Å². The topological polar surface area (TPSA) is 71.1 Å².